The number of nitrogens with one attached hydrogen (secondary N) is 1. The van der Waals surface area contributed by atoms with Crippen molar-refractivity contribution in [2.24, 2.45) is 0 Å². The topological polar surface area (TPSA) is 78.4 Å². The number of fused-ring (bicyclic) bond motifs is 1. The van der Waals surface area contributed by atoms with Crippen molar-refractivity contribution in [2.45, 2.75) is 0 Å². The molecule has 0 aliphatic carbocycles. The third-order valence-electron chi connectivity index (χ3n) is 2.81. The molecule has 3 aromatic rings. The summed E-state index contributed by atoms with van der Waals surface area (Å²) >= 11 is 0. The minimum atomic E-state index is -1.55. The molecule has 94 valence electrons. The van der Waals surface area contributed by atoms with Crippen LogP contribution in [0.4, 0.5) is 0 Å². The molecule has 0 fully saturated rings. The molecule has 0 unspecified atom stereocenters. The second-order valence-electron chi connectivity index (χ2n) is 4.14. The number of rotatable bonds is 3. The van der Waals surface area contributed by atoms with E-state index in [0.717, 1.165) is 5.39 Å². The van der Waals surface area contributed by atoms with Gasteiger partial charge in [-0.05, 0) is 29.7 Å². The molecular formula is C13H11BN2O3. The van der Waals surface area contributed by atoms with Gasteiger partial charge in [-0.1, -0.05) is 18.2 Å². The van der Waals surface area contributed by atoms with Crippen molar-refractivity contribution in [3.05, 3.63) is 48.7 Å². The Morgan fingerprint density at radius 3 is 2.63 bits per heavy atom. The molecule has 0 bridgehead atoms. The van der Waals surface area contributed by atoms with Crippen molar-refractivity contribution >= 4 is 23.5 Å². The smallest absolute Gasteiger partial charge is 0.457 e. The van der Waals surface area contributed by atoms with E-state index in [0.29, 0.717) is 22.5 Å². The highest BCUT2D eigenvalue weighted by molar-refractivity contribution is 6.59. The Balaban J connectivity index is 2.08. The average molecular weight is 254 g/mol. The SMILES string of the molecule is OB(O)c1cc(Oc2ccccc2)c2cn[nH]c2c1. The predicted molar refractivity (Wildman–Crippen MR) is 72.4 cm³/mol. The second-order valence-corrected chi connectivity index (χ2v) is 4.14. The van der Waals surface area contributed by atoms with E-state index in [4.69, 9.17) is 4.74 Å². The van der Waals surface area contributed by atoms with Gasteiger partial charge >= 0.3 is 7.12 Å². The molecule has 0 radical (unpaired) electrons. The van der Waals surface area contributed by atoms with E-state index < -0.39 is 7.12 Å². The summed E-state index contributed by atoms with van der Waals surface area (Å²) in [6.07, 6.45) is 1.64. The Kier molecular flexibility index (Phi) is 2.95. The molecule has 0 amide bonds. The monoisotopic (exact) mass is 254 g/mol. The molecule has 6 heteroatoms. The van der Waals surface area contributed by atoms with Crippen molar-refractivity contribution in [3.63, 3.8) is 0 Å². The first kappa shape index (κ1) is 11.8. The van der Waals surface area contributed by atoms with Crippen LogP contribution in [0.3, 0.4) is 0 Å². The van der Waals surface area contributed by atoms with Crippen LogP contribution in [0.25, 0.3) is 10.9 Å². The van der Waals surface area contributed by atoms with Crippen LogP contribution in [0.15, 0.2) is 48.7 Å². The van der Waals surface area contributed by atoms with Crippen LogP contribution in [0.5, 0.6) is 11.5 Å². The van der Waals surface area contributed by atoms with Crippen LogP contribution in [0.1, 0.15) is 0 Å². The Bertz CT molecular complexity index is 697. The molecule has 0 aliphatic rings. The molecule has 3 N–H and O–H groups in total. The first-order valence-corrected chi connectivity index (χ1v) is 5.80. The first-order chi connectivity index (χ1) is 9.24. The van der Waals surface area contributed by atoms with Crippen molar-refractivity contribution < 1.29 is 14.8 Å². The summed E-state index contributed by atoms with van der Waals surface area (Å²) in [6, 6.07) is 12.5. The molecule has 0 atom stereocenters. The van der Waals surface area contributed by atoms with E-state index in [1.54, 1.807) is 18.3 Å². The standard InChI is InChI=1S/C13H11BN2O3/c17-14(18)9-6-12-11(8-15-16-12)13(7-9)19-10-4-2-1-3-5-10/h1-8,17-18H,(H,15,16). The molecule has 0 saturated carbocycles. The van der Waals surface area contributed by atoms with Gasteiger partial charge in [0.05, 0.1) is 17.1 Å². The molecule has 1 heterocycles. The maximum absolute atomic E-state index is 9.28. The highest BCUT2D eigenvalue weighted by Crippen LogP contribution is 2.27. The highest BCUT2D eigenvalue weighted by atomic mass is 16.5. The molecule has 0 spiro atoms. The largest absolute Gasteiger partial charge is 0.488 e. The van der Waals surface area contributed by atoms with Gasteiger partial charge in [-0.2, -0.15) is 5.10 Å². The fourth-order valence-corrected chi connectivity index (χ4v) is 1.89. The van der Waals surface area contributed by atoms with E-state index in [1.165, 1.54) is 0 Å². The number of benzene rings is 2. The second kappa shape index (κ2) is 4.76. The summed E-state index contributed by atoms with van der Waals surface area (Å²) in [6.45, 7) is 0. The lowest BCUT2D eigenvalue weighted by molar-refractivity contribution is 0.425. The van der Waals surface area contributed by atoms with E-state index in [1.807, 2.05) is 30.3 Å². The van der Waals surface area contributed by atoms with Gasteiger partial charge in [-0.25, -0.2) is 0 Å². The van der Waals surface area contributed by atoms with Crippen LogP contribution in [0, 0.1) is 0 Å². The quantitative estimate of drug-likeness (QED) is 0.610. The van der Waals surface area contributed by atoms with Gasteiger partial charge in [0, 0.05) is 0 Å². The summed E-state index contributed by atoms with van der Waals surface area (Å²) < 4.78 is 5.76. The number of nitrogens with zero attached hydrogens (tertiary/aromatic N) is 1. The van der Waals surface area contributed by atoms with Gasteiger partial charge in [0.1, 0.15) is 11.5 Å². The minimum Gasteiger partial charge on any atom is -0.457 e. The molecule has 5 nitrogen and oxygen atoms in total. The van der Waals surface area contributed by atoms with Crippen LogP contribution in [0.2, 0.25) is 0 Å². The van der Waals surface area contributed by atoms with Crippen molar-refractivity contribution in [3.8, 4) is 11.5 Å². The van der Waals surface area contributed by atoms with Gasteiger partial charge in [0.2, 0.25) is 0 Å². The zero-order chi connectivity index (χ0) is 13.2. The molecule has 1 aromatic heterocycles. The van der Waals surface area contributed by atoms with Gasteiger partial charge < -0.3 is 14.8 Å². The molecule has 0 saturated heterocycles. The summed E-state index contributed by atoms with van der Waals surface area (Å²) in [7, 11) is -1.55. The Hall–Kier alpha value is -2.31. The summed E-state index contributed by atoms with van der Waals surface area (Å²) in [5.74, 6) is 1.20. The Morgan fingerprint density at radius 2 is 1.89 bits per heavy atom. The lowest BCUT2D eigenvalue weighted by Crippen LogP contribution is -2.29. The van der Waals surface area contributed by atoms with Crippen LogP contribution in [-0.2, 0) is 0 Å². The summed E-state index contributed by atoms with van der Waals surface area (Å²) in [4.78, 5) is 0. The van der Waals surface area contributed by atoms with E-state index >= 15 is 0 Å². The summed E-state index contributed by atoms with van der Waals surface area (Å²) in [5, 5.41) is 26.1. The average Bonchev–Trinajstić information content (AvgIpc) is 2.88. The zero-order valence-electron chi connectivity index (χ0n) is 9.95. The zero-order valence-corrected chi connectivity index (χ0v) is 9.95. The van der Waals surface area contributed by atoms with Crippen LogP contribution < -0.4 is 10.2 Å². The lowest BCUT2D eigenvalue weighted by atomic mass is 9.80. The normalized spacial score (nSPS) is 10.6. The minimum absolute atomic E-state index is 0.350. The Morgan fingerprint density at radius 1 is 1.11 bits per heavy atom. The number of hydrogen-bond acceptors (Lipinski definition) is 4. The van der Waals surface area contributed by atoms with Crippen LogP contribution in [-0.4, -0.2) is 27.4 Å². The molecule has 19 heavy (non-hydrogen) atoms. The third-order valence-corrected chi connectivity index (χ3v) is 2.81. The van der Waals surface area contributed by atoms with Gasteiger partial charge in [0.25, 0.3) is 0 Å². The molecule has 3 rings (SSSR count). The maximum Gasteiger partial charge on any atom is 0.488 e. The van der Waals surface area contributed by atoms with Crippen molar-refractivity contribution in [1.82, 2.24) is 10.2 Å². The lowest BCUT2D eigenvalue weighted by Gasteiger charge is -2.09. The molecule has 2 aromatic carbocycles. The number of aromatic amines is 1. The van der Waals surface area contributed by atoms with Gasteiger partial charge in [0.15, 0.2) is 0 Å². The molecule has 0 aliphatic heterocycles. The maximum atomic E-state index is 9.28. The molecular weight excluding hydrogens is 243 g/mol. The number of hydrogen-bond donors (Lipinski definition) is 3. The fourth-order valence-electron chi connectivity index (χ4n) is 1.89. The van der Waals surface area contributed by atoms with Gasteiger partial charge in [-0.3, -0.25) is 5.10 Å². The third kappa shape index (κ3) is 2.31. The van der Waals surface area contributed by atoms with E-state index in [2.05, 4.69) is 10.2 Å². The van der Waals surface area contributed by atoms with Crippen LogP contribution >= 0.6 is 0 Å². The van der Waals surface area contributed by atoms with Crippen molar-refractivity contribution in [1.29, 1.82) is 0 Å². The number of ether oxygens (including phenoxy) is 1. The summed E-state index contributed by atoms with van der Waals surface area (Å²) in [5.41, 5.74) is 1.04. The number of aromatic nitrogens is 2. The Labute approximate surface area is 109 Å². The van der Waals surface area contributed by atoms with Gasteiger partial charge in [-0.15, -0.1) is 0 Å². The van der Waals surface area contributed by atoms with E-state index in [9.17, 15) is 10.0 Å². The first-order valence-electron chi connectivity index (χ1n) is 5.80. The number of para-hydroxylation sites is 1. The highest BCUT2D eigenvalue weighted by Gasteiger charge is 2.16. The predicted octanol–water partition coefficient (Wildman–Crippen LogP) is 1.03. The van der Waals surface area contributed by atoms with E-state index in [-0.39, 0.29) is 0 Å². The van der Waals surface area contributed by atoms with Crippen molar-refractivity contribution in [2.75, 3.05) is 0 Å². The number of H-pyrrole nitrogens is 1. The fraction of sp³-hybridized carbons (Fsp3) is 0.